The molecule has 3 nitrogen and oxygen atoms in total. The molecule has 0 bridgehead atoms. The second-order valence-corrected chi connectivity index (χ2v) is 5.17. The minimum atomic E-state index is -0.378. The quantitative estimate of drug-likeness (QED) is 0.324. The zero-order valence-electron chi connectivity index (χ0n) is 11.9. The number of rotatable bonds is 10. The van der Waals surface area contributed by atoms with Crippen LogP contribution in [0, 0.1) is 0 Å². The summed E-state index contributed by atoms with van der Waals surface area (Å²) < 4.78 is 0. The first-order chi connectivity index (χ1) is 8.02. The number of unbranched alkanes of at least 4 members (excludes halogenated alkanes) is 5. The molecule has 0 spiro atoms. The standard InChI is InChI=1S/C14H28O3/c1-5-7-8-9-10-11-12-13(15)16-17-14(3,4)6-2/h5-12H2,1-4H3. The summed E-state index contributed by atoms with van der Waals surface area (Å²) in [5, 5.41) is 0. The average molecular weight is 244 g/mol. The van der Waals surface area contributed by atoms with E-state index in [-0.39, 0.29) is 11.6 Å². The Kier molecular flexibility index (Phi) is 9.14. The van der Waals surface area contributed by atoms with Crippen LogP contribution < -0.4 is 0 Å². The summed E-state index contributed by atoms with van der Waals surface area (Å²) in [6.45, 7) is 8.02. The Morgan fingerprint density at radius 1 is 1.00 bits per heavy atom. The molecule has 0 aliphatic heterocycles. The van der Waals surface area contributed by atoms with Gasteiger partial charge in [-0.25, -0.2) is 4.79 Å². The van der Waals surface area contributed by atoms with Gasteiger partial charge in [0, 0.05) is 6.42 Å². The normalized spacial score (nSPS) is 11.5. The van der Waals surface area contributed by atoms with E-state index in [4.69, 9.17) is 9.78 Å². The summed E-state index contributed by atoms with van der Waals surface area (Å²) in [5.74, 6) is -0.248. The Morgan fingerprint density at radius 3 is 2.18 bits per heavy atom. The Balaban J connectivity index is 3.41. The van der Waals surface area contributed by atoms with Crippen molar-refractivity contribution in [3.8, 4) is 0 Å². The maximum atomic E-state index is 11.3. The van der Waals surface area contributed by atoms with E-state index < -0.39 is 0 Å². The molecule has 0 rings (SSSR count). The van der Waals surface area contributed by atoms with Gasteiger partial charge in [-0.3, -0.25) is 4.89 Å². The molecule has 3 heteroatoms. The van der Waals surface area contributed by atoms with Crippen LogP contribution in [0.25, 0.3) is 0 Å². The first kappa shape index (κ1) is 16.4. The fraction of sp³-hybridized carbons (Fsp3) is 0.929. The molecule has 0 aromatic heterocycles. The van der Waals surface area contributed by atoms with Gasteiger partial charge in [-0.2, -0.15) is 4.89 Å². The third-order valence-electron chi connectivity index (χ3n) is 2.95. The number of carbonyl (C=O) groups excluding carboxylic acids is 1. The van der Waals surface area contributed by atoms with Crippen molar-refractivity contribution >= 4 is 5.97 Å². The highest BCUT2D eigenvalue weighted by atomic mass is 17.2. The molecule has 0 heterocycles. The molecule has 0 fully saturated rings. The van der Waals surface area contributed by atoms with Gasteiger partial charge in [-0.15, -0.1) is 0 Å². The van der Waals surface area contributed by atoms with Crippen molar-refractivity contribution < 1.29 is 14.6 Å². The summed E-state index contributed by atoms with van der Waals surface area (Å²) in [7, 11) is 0. The lowest BCUT2D eigenvalue weighted by Gasteiger charge is -2.20. The van der Waals surface area contributed by atoms with Crippen molar-refractivity contribution in [2.75, 3.05) is 0 Å². The van der Waals surface area contributed by atoms with Crippen LogP contribution in [0.5, 0.6) is 0 Å². The predicted octanol–water partition coefficient (Wildman–Crippen LogP) is 4.40. The van der Waals surface area contributed by atoms with Crippen LogP contribution in [0.1, 0.15) is 79.1 Å². The highest BCUT2D eigenvalue weighted by Gasteiger charge is 2.19. The molecule has 0 radical (unpaired) electrons. The molecule has 0 amide bonds. The summed E-state index contributed by atoms with van der Waals surface area (Å²) in [5.41, 5.74) is -0.378. The zero-order chi connectivity index (χ0) is 13.1. The van der Waals surface area contributed by atoms with E-state index in [2.05, 4.69) is 6.92 Å². The highest BCUT2D eigenvalue weighted by Crippen LogP contribution is 2.14. The van der Waals surface area contributed by atoms with Gasteiger partial charge in [0.1, 0.15) is 5.60 Å². The number of carbonyl (C=O) groups is 1. The lowest BCUT2D eigenvalue weighted by molar-refractivity contribution is -0.325. The molecule has 0 unspecified atom stereocenters. The second-order valence-electron chi connectivity index (χ2n) is 5.17. The van der Waals surface area contributed by atoms with Gasteiger partial charge in [-0.1, -0.05) is 46.0 Å². The van der Waals surface area contributed by atoms with E-state index in [1.54, 1.807) is 0 Å². The summed E-state index contributed by atoms with van der Waals surface area (Å²) in [4.78, 5) is 21.2. The van der Waals surface area contributed by atoms with Crippen molar-refractivity contribution in [2.45, 2.75) is 84.7 Å². The van der Waals surface area contributed by atoms with Crippen LogP contribution in [0.15, 0.2) is 0 Å². The molecule has 102 valence electrons. The molecular formula is C14H28O3. The lowest BCUT2D eigenvalue weighted by Crippen LogP contribution is -2.25. The maximum absolute atomic E-state index is 11.3. The van der Waals surface area contributed by atoms with Crippen molar-refractivity contribution in [2.24, 2.45) is 0 Å². The predicted molar refractivity (Wildman–Crippen MR) is 69.5 cm³/mol. The van der Waals surface area contributed by atoms with Gasteiger partial charge in [0.15, 0.2) is 0 Å². The van der Waals surface area contributed by atoms with Crippen LogP contribution in [0.4, 0.5) is 0 Å². The first-order valence-corrected chi connectivity index (χ1v) is 6.90. The smallest absolute Gasteiger partial charge is 0.298 e. The molecule has 17 heavy (non-hydrogen) atoms. The Hall–Kier alpha value is -0.570. The van der Waals surface area contributed by atoms with Gasteiger partial charge in [0.05, 0.1) is 0 Å². The Morgan fingerprint density at radius 2 is 1.59 bits per heavy atom. The third-order valence-corrected chi connectivity index (χ3v) is 2.95. The SMILES string of the molecule is CCCCCCCCC(=O)OOC(C)(C)CC. The van der Waals surface area contributed by atoms with Gasteiger partial charge < -0.3 is 0 Å². The number of hydrogen-bond acceptors (Lipinski definition) is 3. The number of hydrogen-bond donors (Lipinski definition) is 0. The van der Waals surface area contributed by atoms with Crippen LogP contribution >= 0.6 is 0 Å². The Bertz CT molecular complexity index is 200. The van der Waals surface area contributed by atoms with E-state index in [1.165, 1.54) is 25.7 Å². The second kappa shape index (κ2) is 9.46. The fourth-order valence-corrected chi connectivity index (χ4v) is 1.31. The van der Waals surface area contributed by atoms with Gasteiger partial charge >= 0.3 is 5.97 Å². The van der Waals surface area contributed by atoms with Crippen molar-refractivity contribution in [3.63, 3.8) is 0 Å². The lowest BCUT2D eigenvalue weighted by atomic mass is 10.1. The fourth-order valence-electron chi connectivity index (χ4n) is 1.31. The molecule has 0 saturated heterocycles. The van der Waals surface area contributed by atoms with Crippen molar-refractivity contribution in [1.82, 2.24) is 0 Å². The molecule has 0 atom stereocenters. The van der Waals surface area contributed by atoms with E-state index in [0.717, 1.165) is 19.3 Å². The van der Waals surface area contributed by atoms with E-state index in [1.807, 2.05) is 20.8 Å². The van der Waals surface area contributed by atoms with Gasteiger partial charge in [0.25, 0.3) is 0 Å². The summed E-state index contributed by atoms with van der Waals surface area (Å²) in [6.07, 6.45) is 8.31. The average Bonchev–Trinajstić information content (AvgIpc) is 2.31. The van der Waals surface area contributed by atoms with Gasteiger partial charge in [0.2, 0.25) is 0 Å². The molecule has 0 saturated carbocycles. The zero-order valence-corrected chi connectivity index (χ0v) is 11.9. The van der Waals surface area contributed by atoms with Gasteiger partial charge in [-0.05, 0) is 26.7 Å². The molecule has 0 aliphatic carbocycles. The molecule has 0 aromatic rings. The monoisotopic (exact) mass is 244 g/mol. The molecule has 0 aromatic carbocycles. The molecule has 0 aliphatic rings. The van der Waals surface area contributed by atoms with E-state index in [0.29, 0.717) is 6.42 Å². The van der Waals surface area contributed by atoms with Crippen LogP contribution in [-0.2, 0) is 14.6 Å². The largest absolute Gasteiger partial charge is 0.342 e. The topological polar surface area (TPSA) is 35.5 Å². The summed E-state index contributed by atoms with van der Waals surface area (Å²) in [6, 6.07) is 0. The Labute approximate surface area is 106 Å². The molecular weight excluding hydrogens is 216 g/mol. The minimum Gasteiger partial charge on any atom is -0.298 e. The van der Waals surface area contributed by atoms with Crippen molar-refractivity contribution in [3.05, 3.63) is 0 Å². The van der Waals surface area contributed by atoms with E-state index >= 15 is 0 Å². The summed E-state index contributed by atoms with van der Waals surface area (Å²) >= 11 is 0. The molecule has 0 N–H and O–H groups in total. The third kappa shape index (κ3) is 10.3. The maximum Gasteiger partial charge on any atom is 0.342 e. The first-order valence-electron chi connectivity index (χ1n) is 6.90. The van der Waals surface area contributed by atoms with Crippen LogP contribution in [0.3, 0.4) is 0 Å². The van der Waals surface area contributed by atoms with Crippen LogP contribution in [0.2, 0.25) is 0 Å². The minimum absolute atomic E-state index is 0.248. The van der Waals surface area contributed by atoms with E-state index in [9.17, 15) is 4.79 Å². The van der Waals surface area contributed by atoms with Crippen LogP contribution in [-0.4, -0.2) is 11.6 Å². The highest BCUT2D eigenvalue weighted by molar-refractivity contribution is 5.68. The van der Waals surface area contributed by atoms with Crippen molar-refractivity contribution in [1.29, 1.82) is 0 Å².